The van der Waals surface area contributed by atoms with Crippen molar-refractivity contribution in [3.05, 3.63) is 71.0 Å². The number of ether oxygens (including phenoxy) is 1. The molecule has 0 unspecified atom stereocenters. The highest BCUT2D eigenvalue weighted by molar-refractivity contribution is 6.02. The van der Waals surface area contributed by atoms with E-state index in [-0.39, 0.29) is 5.78 Å². The first-order chi connectivity index (χ1) is 12.6. The third-order valence-electron chi connectivity index (χ3n) is 4.74. The quantitative estimate of drug-likeness (QED) is 0.534. The zero-order chi connectivity index (χ0) is 18.1. The summed E-state index contributed by atoms with van der Waals surface area (Å²) in [5.41, 5.74) is 4.79. The molecule has 0 amide bonds. The Hall–Kier alpha value is -3.08. The number of aryl methyl sites for hydroxylation is 2. The number of ketones is 1. The highest BCUT2D eigenvalue weighted by Crippen LogP contribution is 2.24. The average molecular weight is 346 g/mol. The highest BCUT2D eigenvalue weighted by atomic mass is 16.5. The highest BCUT2D eigenvalue weighted by Gasteiger charge is 2.22. The zero-order valence-corrected chi connectivity index (χ0v) is 14.4. The summed E-state index contributed by atoms with van der Waals surface area (Å²) in [6, 6.07) is 10.7. The molecule has 0 N–H and O–H groups in total. The van der Waals surface area contributed by atoms with Crippen LogP contribution in [0, 0.1) is 0 Å². The van der Waals surface area contributed by atoms with Crippen LogP contribution in [-0.2, 0) is 17.6 Å². The van der Waals surface area contributed by atoms with Gasteiger partial charge in [-0.25, -0.2) is 4.79 Å². The molecular formula is C21H18N2O3. The molecule has 0 radical (unpaired) electrons. The van der Waals surface area contributed by atoms with E-state index in [1.807, 2.05) is 18.2 Å². The van der Waals surface area contributed by atoms with Crippen LogP contribution in [-0.4, -0.2) is 27.8 Å². The van der Waals surface area contributed by atoms with Crippen molar-refractivity contribution in [1.29, 1.82) is 0 Å². The second-order valence-corrected chi connectivity index (χ2v) is 6.51. The van der Waals surface area contributed by atoms with E-state index >= 15 is 0 Å². The molecule has 0 saturated heterocycles. The summed E-state index contributed by atoms with van der Waals surface area (Å²) in [5.74, 6) is -0.729. The number of benzene rings is 2. The maximum absolute atomic E-state index is 12.6. The summed E-state index contributed by atoms with van der Waals surface area (Å²) < 4.78 is 5.38. The molecule has 1 heterocycles. The van der Waals surface area contributed by atoms with Gasteiger partial charge in [-0.05, 0) is 61.6 Å². The summed E-state index contributed by atoms with van der Waals surface area (Å²) in [5, 5.41) is 0. The first-order valence-corrected chi connectivity index (χ1v) is 8.69. The molecular weight excluding hydrogens is 328 g/mol. The van der Waals surface area contributed by atoms with Crippen LogP contribution in [0.15, 0.2) is 48.8 Å². The van der Waals surface area contributed by atoms with Gasteiger partial charge < -0.3 is 4.74 Å². The number of Topliss-reactive ketones (excluding diaryl/α,β-unsaturated/α-hetero) is 1. The van der Waals surface area contributed by atoms with Crippen molar-refractivity contribution in [3.8, 4) is 0 Å². The second kappa shape index (κ2) is 6.67. The number of esters is 1. The van der Waals surface area contributed by atoms with Crippen molar-refractivity contribution in [3.63, 3.8) is 0 Å². The molecule has 0 spiro atoms. The molecule has 0 fully saturated rings. The standard InChI is InChI=1S/C21H18N2O3/c1-13(20(24)16-6-5-14-3-2-4-15(14)11-16)26-21(25)17-7-8-18-19(12-17)23-10-9-22-18/h5-13H,2-4H2,1H3/t13-/m1/s1. The SMILES string of the molecule is C[C@@H](OC(=O)c1ccc2nccnc2c1)C(=O)c1ccc2c(c1)CCC2. The summed E-state index contributed by atoms with van der Waals surface area (Å²) in [6.07, 6.45) is 5.51. The molecule has 4 rings (SSSR count). The Bertz CT molecular complexity index is 1010. The second-order valence-electron chi connectivity index (χ2n) is 6.51. The topological polar surface area (TPSA) is 69.2 Å². The fraction of sp³-hybridized carbons (Fsp3) is 0.238. The lowest BCUT2D eigenvalue weighted by Crippen LogP contribution is -2.24. The Morgan fingerprint density at radius 3 is 2.50 bits per heavy atom. The largest absolute Gasteiger partial charge is 0.451 e. The number of aromatic nitrogens is 2. The van der Waals surface area contributed by atoms with Crippen LogP contribution in [0.2, 0.25) is 0 Å². The summed E-state index contributed by atoms with van der Waals surface area (Å²) in [6.45, 7) is 1.61. The van der Waals surface area contributed by atoms with Crippen LogP contribution in [0.4, 0.5) is 0 Å². The predicted molar refractivity (Wildman–Crippen MR) is 97.2 cm³/mol. The van der Waals surface area contributed by atoms with E-state index in [0.717, 1.165) is 19.3 Å². The minimum atomic E-state index is -0.848. The van der Waals surface area contributed by atoms with Gasteiger partial charge in [0.05, 0.1) is 16.6 Å². The van der Waals surface area contributed by atoms with Gasteiger partial charge in [0.1, 0.15) is 0 Å². The molecule has 1 aliphatic rings. The van der Waals surface area contributed by atoms with E-state index in [0.29, 0.717) is 22.2 Å². The van der Waals surface area contributed by atoms with Gasteiger partial charge in [-0.3, -0.25) is 14.8 Å². The van der Waals surface area contributed by atoms with Crippen LogP contribution in [0.3, 0.4) is 0 Å². The monoisotopic (exact) mass is 346 g/mol. The molecule has 1 aromatic heterocycles. The van der Waals surface area contributed by atoms with Gasteiger partial charge in [0.15, 0.2) is 6.10 Å². The van der Waals surface area contributed by atoms with E-state index in [2.05, 4.69) is 9.97 Å². The normalized spacial score (nSPS) is 14.0. The molecule has 1 atom stereocenters. The van der Waals surface area contributed by atoms with Crippen molar-refractivity contribution in [2.45, 2.75) is 32.3 Å². The van der Waals surface area contributed by atoms with Crippen LogP contribution < -0.4 is 0 Å². The lowest BCUT2D eigenvalue weighted by atomic mass is 10.0. The summed E-state index contributed by atoms with van der Waals surface area (Å²) >= 11 is 0. The fourth-order valence-electron chi connectivity index (χ4n) is 3.33. The maximum Gasteiger partial charge on any atom is 0.338 e. The lowest BCUT2D eigenvalue weighted by molar-refractivity contribution is 0.0319. The number of hydrogen-bond acceptors (Lipinski definition) is 5. The summed E-state index contributed by atoms with van der Waals surface area (Å²) in [4.78, 5) is 33.4. The van der Waals surface area contributed by atoms with Gasteiger partial charge in [0.2, 0.25) is 5.78 Å². The van der Waals surface area contributed by atoms with E-state index < -0.39 is 12.1 Å². The predicted octanol–water partition coefficient (Wildman–Crippen LogP) is 3.55. The number of fused-ring (bicyclic) bond motifs is 2. The molecule has 0 bridgehead atoms. The number of rotatable bonds is 4. The number of hydrogen-bond donors (Lipinski definition) is 0. The van der Waals surface area contributed by atoms with Crippen molar-refractivity contribution in [2.75, 3.05) is 0 Å². The maximum atomic E-state index is 12.6. The lowest BCUT2D eigenvalue weighted by Gasteiger charge is -2.13. The molecule has 26 heavy (non-hydrogen) atoms. The van der Waals surface area contributed by atoms with Gasteiger partial charge in [0.25, 0.3) is 0 Å². The van der Waals surface area contributed by atoms with Crippen molar-refractivity contribution in [1.82, 2.24) is 9.97 Å². The molecule has 3 aromatic rings. The Morgan fingerprint density at radius 2 is 1.65 bits per heavy atom. The molecule has 2 aromatic carbocycles. The minimum absolute atomic E-state index is 0.186. The van der Waals surface area contributed by atoms with E-state index in [1.165, 1.54) is 11.1 Å². The third kappa shape index (κ3) is 3.08. The molecule has 5 nitrogen and oxygen atoms in total. The Kier molecular flexibility index (Phi) is 4.21. The van der Waals surface area contributed by atoms with Crippen LogP contribution in [0.25, 0.3) is 11.0 Å². The van der Waals surface area contributed by atoms with Crippen molar-refractivity contribution < 1.29 is 14.3 Å². The van der Waals surface area contributed by atoms with E-state index in [1.54, 1.807) is 37.5 Å². The number of nitrogens with zero attached hydrogens (tertiary/aromatic N) is 2. The van der Waals surface area contributed by atoms with Crippen molar-refractivity contribution >= 4 is 22.8 Å². The van der Waals surface area contributed by atoms with Crippen LogP contribution in [0.5, 0.6) is 0 Å². The fourth-order valence-corrected chi connectivity index (χ4v) is 3.33. The Morgan fingerprint density at radius 1 is 0.923 bits per heavy atom. The molecule has 0 aliphatic heterocycles. The molecule has 1 aliphatic carbocycles. The molecule has 0 saturated carbocycles. The van der Waals surface area contributed by atoms with Gasteiger partial charge in [-0.15, -0.1) is 0 Å². The van der Waals surface area contributed by atoms with Crippen LogP contribution >= 0.6 is 0 Å². The average Bonchev–Trinajstić information content (AvgIpc) is 3.14. The zero-order valence-electron chi connectivity index (χ0n) is 14.4. The van der Waals surface area contributed by atoms with E-state index in [4.69, 9.17) is 4.74 Å². The minimum Gasteiger partial charge on any atom is -0.451 e. The summed E-state index contributed by atoms with van der Waals surface area (Å²) in [7, 11) is 0. The third-order valence-corrected chi connectivity index (χ3v) is 4.74. The molecule has 5 heteroatoms. The van der Waals surface area contributed by atoms with Gasteiger partial charge >= 0.3 is 5.97 Å². The smallest absolute Gasteiger partial charge is 0.338 e. The first-order valence-electron chi connectivity index (χ1n) is 8.69. The van der Waals surface area contributed by atoms with Crippen molar-refractivity contribution in [2.24, 2.45) is 0 Å². The van der Waals surface area contributed by atoms with E-state index in [9.17, 15) is 9.59 Å². The number of carbonyl (C=O) groups excluding carboxylic acids is 2. The molecule has 130 valence electrons. The number of carbonyl (C=O) groups is 2. The first kappa shape index (κ1) is 16.4. The van der Waals surface area contributed by atoms with Crippen LogP contribution in [0.1, 0.15) is 45.2 Å². The van der Waals surface area contributed by atoms with Gasteiger partial charge in [0, 0.05) is 18.0 Å². The van der Waals surface area contributed by atoms with Gasteiger partial charge in [-0.1, -0.05) is 12.1 Å². The Balaban J connectivity index is 1.50. The van der Waals surface area contributed by atoms with Gasteiger partial charge in [-0.2, -0.15) is 0 Å². The Labute approximate surface area is 151 Å².